The van der Waals surface area contributed by atoms with E-state index >= 15 is 0 Å². The van der Waals surface area contributed by atoms with Crippen LogP contribution in [0.5, 0.6) is 0 Å². The molecule has 2 fully saturated rings. The quantitative estimate of drug-likeness (QED) is 0.673. The van der Waals surface area contributed by atoms with E-state index in [4.69, 9.17) is 0 Å². The highest BCUT2D eigenvalue weighted by atomic mass is 15.0. The molecule has 0 spiro atoms. The second-order valence-electron chi connectivity index (χ2n) is 6.24. The van der Waals surface area contributed by atoms with Gasteiger partial charge in [0.05, 0.1) is 0 Å². The normalized spacial score (nSPS) is 37.1. The van der Waals surface area contributed by atoms with E-state index in [9.17, 15) is 0 Å². The van der Waals surface area contributed by atoms with Crippen molar-refractivity contribution in [1.82, 2.24) is 5.32 Å². The fourth-order valence-corrected chi connectivity index (χ4v) is 3.19. The lowest BCUT2D eigenvalue weighted by Crippen LogP contribution is -2.21. The molecule has 2 aliphatic rings. The number of nitrogens with one attached hydrogen (secondary N) is 1. The average molecular weight is 193 g/mol. The Bertz CT molecular complexity index is 236. The van der Waals surface area contributed by atoms with Gasteiger partial charge in [0.2, 0.25) is 0 Å². The Morgan fingerprint density at radius 3 is 2.71 bits per heavy atom. The molecule has 14 heavy (non-hydrogen) atoms. The zero-order chi connectivity index (χ0) is 10.3. The molecule has 3 atom stereocenters. The van der Waals surface area contributed by atoms with Gasteiger partial charge in [-0.3, -0.25) is 0 Å². The van der Waals surface area contributed by atoms with Crippen molar-refractivity contribution in [3.8, 4) is 0 Å². The largest absolute Gasteiger partial charge is 0.386 e. The lowest BCUT2D eigenvalue weighted by molar-refractivity contribution is 0.271. The molecule has 0 amide bonds. The maximum absolute atomic E-state index is 4.19. The van der Waals surface area contributed by atoms with Crippen LogP contribution in [0.2, 0.25) is 0 Å². The highest BCUT2D eigenvalue weighted by molar-refractivity contribution is 5.14. The summed E-state index contributed by atoms with van der Waals surface area (Å²) in [7, 11) is 0. The molecule has 1 heteroatoms. The molecule has 0 aromatic rings. The van der Waals surface area contributed by atoms with Gasteiger partial charge in [-0.05, 0) is 30.6 Å². The monoisotopic (exact) mass is 193 g/mol. The summed E-state index contributed by atoms with van der Waals surface area (Å²) in [6.07, 6.45) is 5.48. The van der Waals surface area contributed by atoms with Crippen LogP contribution in [0.25, 0.3) is 0 Å². The molecule has 0 aromatic carbocycles. The van der Waals surface area contributed by atoms with Crippen LogP contribution in [-0.2, 0) is 0 Å². The second kappa shape index (κ2) is 3.29. The number of rotatable bonds is 1. The molecule has 1 heterocycles. The number of hydrogen-bond donors (Lipinski definition) is 1. The van der Waals surface area contributed by atoms with E-state index in [0.29, 0.717) is 5.41 Å². The van der Waals surface area contributed by atoms with Crippen molar-refractivity contribution in [3.05, 3.63) is 12.3 Å². The third kappa shape index (κ3) is 1.82. The van der Waals surface area contributed by atoms with Crippen LogP contribution < -0.4 is 5.32 Å². The maximum Gasteiger partial charge on any atom is 0.0292 e. The van der Waals surface area contributed by atoms with E-state index in [1.807, 2.05) is 0 Å². The summed E-state index contributed by atoms with van der Waals surface area (Å²) in [5.74, 6) is 1.63. The van der Waals surface area contributed by atoms with Gasteiger partial charge in [-0.1, -0.05) is 33.8 Å². The molecule has 1 aliphatic carbocycles. The summed E-state index contributed by atoms with van der Waals surface area (Å²) in [5.41, 5.74) is 1.75. The zero-order valence-electron chi connectivity index (χ0n) is 9.77. The molecule has 1 N–H and O–H groups in total. The topological polar surface area (TPSA) is 12.0 Å². The minimum Gasteiger partial charge on any atom is -0.386 e. The molecule has 1 saturated carbocycles. The third-order valence-electron chi connectivity index (χ3n) is 3.74. The SMILES string of the molecule is C=C1NC2CCCC2C1CC(C)(C)C. The van der Waals surface area contributed by atoms with Crippen molar-refractivity contribution >= 4 is 0 Å². The Hall–Kier alpha value is -0.460. The van der Waals surface area contributed by atoms with E-state index in [0.717, 1.165) is 17.9 Å². The van der Waals surface area contributed by atoms with Crippen molar-refractivity contribution in [2.75, 3.05) is 0 Å². The Balaban J connectivity index is 2.06. The lowest BCUT2D eigenvalue weighted by Gasteiger charge is -2.26. The van der Waals surface area contributed by atoms with Crippen LogP contribution >= 0.6 is 0 Å². The van der Waals surface area contributed by atoms with Crippen molar-refractivity contribution < 1.29 is 0 Å². The first-order valence-corrected chi connectivity index (χ1v) is 5.93. The standard InChI is InChI=1S/C13H23N/c1-9-11(8-13(2,3)4)10-6-5-7-12(10)14-9/h10-12,14H,1,5-8H2,2-4H3. The number of hydrogen-bond acceptors (Lipinski definition) is 1. The zero-order valence-corrected chi connectivity index (χ0v) is 9.77. The van der Waals surface area contributed by atoms with E-state index in [1.165, 1.54) is 31.4 Å². The lowest BCUT2D eigenvalue weighted by atomic mass is 9.78. The van der Waals surface area contributed by atoms with Crippen LogP contribution in [-0.4, -0.2) is 6.04 Å². The van der Waals surface area contributed by atoms with Gasteiger partial charge in [0.15, 0.2) is 0 Å². The fourth-order valence-electron chi connectivity index (χ4n) is 3.19. The summed E-state index contributed by atoms with van der Waals surface area (Å²) in [4.78, 5) is 0. The molecule has 0 aromatic heterocycles. The molecule has 1 nitrogen and oxygen atoms in total. The number of fused-ring (bicyclic) bond motifs is 1. The molecule has 0 radical (unpaired) electrons. The van der Waals surface area contributed by atoms with Gasteiger partial charge in [-0.25, -0.2) is 0 Å². The molecular formula is C13H23N. The smallest absolute Gasteiger partial charge is 0.0292 e. The molecule has 0 bridgehead atoms. The van der Waals surface area contributed by atoms with Crippen LogP contribution in [0.4, 0.5) is 0 Å². The van der Waals surface area contributed by atoms with Gasteiger partial charge in [0.25, 0.3) is 0 Å². The van der Waals surface area contributed by atoms with Crippen molar-refractivity contribution in [2.45, 2.75) is 52.5 Å². The van der Waals surface area contributed by atoms with Crippen molar-refractivity contribution in [3.63, 3.8) is 0 Å². The van der Waals surface area contributed by atoms with Gasteiger partial charge >= 0.3 is 0 Å². The van der Waals surface area contributed by atoms with E-state index < -0.39 is 0 Å². The van der Waals surface area contributed by atoms with E-state index in [-0.39, 0.29) is 0 Å². The molecule has 1 saturated heterocycles. The molecular weight excluding hydrogens is 170 g/mol. The highest BCUT2D eigenvalue weighted by Crippen LogP contribution is 2.45. The first-order chi connectivity index (χ1) is 6.47. The average Bonchev–Trinajstić information content (AvgIpc) is 2.54. The Kier molecular flexibility index (Phi) is 2.36. The van der Waals surface area contributed by atoms with Gasteiger partial charge in [0.1, 0.15) is 0 Å². The van der Waals surface area contributed by atoms with Crippen LogP contribution in [0, 0.1) is 17.3 Å². The van der Waals surface area contributed by atoms with E-state index in [1.54, 1.807) is 0 Å². The summed E-state index contributed by atoms with van der Waals surface area (Å²) in [6, 6.07) is 0.759. The van der Waals surface area contributed by atoms with Crippen LogP contribution in [0.15, 0.2) is 12.3 Å². The first-order valence-electron chi connectivity index (χ1n) is 5.93. The van der Waals surface area contributed by atoms with Gasteiger partial charge in [0, 0.05) is 17.7 Å². The van der Waals surface area contributed by atoms with Crippen LogP contribution in [0.3, 0.4) is 0 Å². The Morgan fingerprint density at radius 1 is 1.36 bits per heavy atom. The minimum atomic E-state index is 0.437. The third-order valence-corrected chi connectivity index (χ3v) is 3.74. The molecule has 2 rings (SSSR count). The predicted molar refractivity (Wildman–Crippen MR) is 61.0 cm³/mol. The molecule has 80 valence electrons. The van der Waals surface area contributed by atoms with Crippen molar-refractivity contribution in [1.29, 1.82) is 0 Å². The van der Waals surface area contributed by atoms with Crippen LogP contribution in [0.1, 0.15) is 46.5 Å². The van der Waals surface area contributed by atoms with Gasteiger partial charge in [-0.2, -0.15) is 0 Å². The minimum absolute atomic E-state index is 0.437. The maximum atomic E-state index is 4.19. The number of allylic oxidation sites excluding steroid dienone is 1. The Labute approximate surface area is 88.0 Å². The van der Waals surface area contributed by atoms with Crippen molar-refractivity contribution in [2.24, 2.45) is 17.3 Å². The van der Waals surface area contributed by atoms with Gasteiger partial charge < -0.3 is 5.32 Å². The highest BCUT2D eigenvalue weighted by Gasteiger charge is 2.42. The first kappa shape index (κ1) is 10.1. The summed E-state index contributed by atoms with van der Waals surface area (Å²) in [5, 5.41) is 3.59. The molecule has 3 unspecified atom stereocenters. The summed E-state index contributed by atoms with van der Waals surface area (Å²) in [6.45, 7) is 11.2. The van der Waals surface area contributed by atoms with E-state index in [2.05, 4.69) is 32.7 Å². The van der Waals surface area contributed by atoms with Gasteiger partial charge in [-0.15, -0.1) is 0 Å². The second-order valence-corrected chi connectivity index (χ2v) is 6.24. The summed E-state index contributed by atoms with van der Waals surface area (Å²) < 4.78 is 0. The summed E-state index contributed by atoms with van der Waals surface area (Å²) >= 11 is 0. The molecule has 1 aliphatic heterocycles. The Morgan fingerprint density at radius 2 is 2.07 bits per heavy atom. The predicted octanol–water partition coefficient (Wildman–Crippen LogP) is 3.32. The fraction of sp³-hybridized carbons (Fsp3) is 0.846.